The summed E-state index contributed by atoms with van der Waals surface area (Å²) in [6, 6.07) is 10.2. The third-order valence-electron chi connectivity index (χ3n) is 3.31. The molecule has 0 spiro atoms. The van der Waals surface area contributed by atoms with Gasteiger partial charge in [-0.1, -0.05) is 43.6 Å². The summed E-state index contributed by atoms with van der Waals surface area (Å²) in [6.07, 6.45) is 3.63. The third-order valence-corrected chi connectivity index (χ3v) is 4.43. The van der Waals surface area contributed by atoms with E-state index in [-0.39, 0.29) is 10.8 Å². The molecule has 0 radical (unpaired) electrons. The lowest BCUT2D eigenvalue weighted by Gasteiger charge is -2.08. The molecule has 0 heterocycles. The maximum atomic E-state index is 12.0. The molecule has 0 aliphatic carbocycles. The highest BCUT2D eigenvalue weighted by atomic mass is 32.2. The summed E-state index contributed by atoms with van der Waals surface area (Å²) in [6.45, 7) is 3.92. The van der Waals surface area contributed by atoms with E-state index in [9.17, 15) is 8.42 Å². The molecule has 1 atom stereocenters. The Morgan fingerprint density at radius 2 is 1.95 bits per heavy atom. The van der Waals surface area contributed by atoms with Crippen LogP contribution in [0, 0.1) is 17.2 Å². The number of benzene rings is 1. The van der Waals surface area contributed by atoms with E-state index in [2.05, 4.69) is 11.2 Å². The molecule has 0 aliphatic rings. The lowest BCUT2D eigenvalue weighted by Crippen LogP contribution is -2.07. The van der Waals surface area contributed by atoms with Crippen molar-refractivity contribution in [3.05, 3.63) is 30.3 Å². The first-order chi connectivity index (χ1) is 10.5. The van der Waals surface area contributed by atoms with E-state index < -0.39 is 10.1 Å². The van der Waals surface area contributed by atoms with Crippen molar-refractivity contribution in [1.82, 2.24) is 0 Å². The van der Waals surface area contributed by atoms with Crippen molar-refractivity contribution in [2.75, 3.05) is 0 Å². The first-order valence-corrected chi connectivity index (χ1v) is 8.88. The molecular weight excluding hydrogens is 300 g/mol. The molecule has 5 nitrogen and oxygen atoms in total. The molecule has 1 aromatic carbocycles. The van der Waals surface area contributed by atoms with Crippen LogP contribution in [0.2, 0.25) is 0 Å². The Morgan fingerprint density at radius 3 is 2.50 bits per heavy atom. The second kappa shape index (κ2) is 9.21. The summed E-state index contributed by atoms with van der Waals surface area (Å²) in [4.78, 5) is 0.0788. The van der Waals surface area contributed by atoms with E-state index in [0.717, 1.165) is 12.8 Å². The van der Waals surface area contributed by atoms with Crippen LogP contribution < -0.4 is 0 Å². The highest BCUT2D eigenvalue weighted by molar-refractivity contribution is 7.86. The second-order valence-electron chi connectivity index (χ2n) is 5.01. The zero-order chi connectivity index (χ0) is 16.4. The Bertz CT molecular complexity index is 619. The predicted octanol–water partition coefficient (Wildman–Crippen LogP) is 3.88. The molecule has 0 bridgehead atoms. The van der Waals surface area contributed by atoms with Crippen LogP contribution in [0.3, 0.4) is 0 Å². The molecule has 0 saturated heterocycles. The SMILES string of the molecule is CCCC(C#N)CCC(CC)=NOS(=O)(=O)c1ccccc1. The van der Waals surface area contributed by atoms with E-state index in [1.807, 2.05) is 13.8 Å². The van der Waals surface area contributed by atoms with Gasteiger partial charge in [0.1, 0.15) is 4.90 Å². The number of hydrogen-bond acceptors (Lipinski definition) is 5. The molecule has 1 rings (SSSR count). The fourth-order valence-corrected chi connectivity index (χ4v) is 2.76. The van der Waals surface area contributed by atoms with Crippen LogP contribution in [0.5, 0.6) is 0 Å². The largest absolute Gasteiger partial charge is 0.358 e. The fraction of sp³-hybridized carbons (Fsp3) is 0.500. The lowest BCUT2D eigenvalue weighted by atomic mass is 9.97. The molecule has 0 aromatic heterocycles. The first kappa shape index (κ1) is 18.2. The van der Waals surface area contributed by atoms with Gasteiger partial charge in [-0.3, -0.25) is 4.28 Å². The van der Waals surface area contributed by atoms with Crippen LogP contribution in [-0.2, 0) is 14.4 Å². The molecule has 22 heavy (non-hydrogen) atoms. The topological polar surface area (TPSA) is 79.5 Å². The molecular formula is C16H22N2O3S. The normalized spacial score (nSPS) is 13.4. The Labute approximate surface area is 132 Å². The molecule has 120 valence electrons. The first-order valence-electron chi connectivity index (χ1n) is 7.47. The number of rotatable bonds is 9. The highest BCUT2D eigenvalue weighted by Crippen LogP contribution is 2.16. The Hall–Kier alpha value is -1.87. The van der Waals surface area contributed by atoms with Crippen LogP contribution in [0.1, 0.15) is 46.0 Å². The van der Waals surface area contributed by atoms with Crippen molar-refractivity contribution in [2.45, 2.75) is 50.8 Å². The van der Waals surface area contributed by atoms with Crippen molar-refractivity contribution in [1.29, 1.82) is 5.26 Å². The summed E-state index contributed by atoms with van der Waals surface area (Å²) in [5.74, 6) is -0.0209. The van der Waals surface area contributed by atoms with Gasteiger partial charge in [0.2, 0.25) is 0 Å². The maximum Gasteiger partial charge on any atom is 0.358 e. The van der Waals surface area contributed by atoms with Gasteiger partial charge in [0.15, 0.2) is 0 Å². The molecule has 0 saturated carbocycles. The zero-order valence-electron chi connectivity index (χ0n) is 13.0. The summed E-state index contributed by atoms with van der Waals surface area (Å²) >= 11 is 0. The van der Waals surface area contributed by atoms with Crippen LogP contribution in [-0.4, -0.2) is 14.1 Å². The van der Waals surface area contributed by atoms with Gasteiger partial charge in [0.25, 0.3) is 0 Å². The third kappa shape index (κ3) is 5.86. The zero-order valence-corrected chi connectivity index (χ0v) is 13.8. The smallest absolute Gasteiger partial charge is 0.265 e. The van der Waals surface area contributed by atoms with Gasteiger partial charge in [-0.25, -0.2) is 0 Å². The van der Waals surface area contributed by atoms with Crippen LogP contribution in [0.4, 0.5) is 0 Å². The van der Waals surface area contributed by atoms with Crippen LogP contribution >= 0.6 is 0 Å². The van der Waals surface area contributed by atoms with Crippen molar-refractivity contribution in [2.24, 2.45) is 11.1 Å². The molecule has 1 aromatic rings. The quantitative estimate of drug-likeness (QED) is 0.510. The monoisotopic (exact) mass is 322 g/mol. The minimum atomic E-state index is -3.87. The number of hydrogen-bond donors (Lipinski definition) is 0. The molecule has 6 heteroatoms. The van der Waals surface area contributed by atoms with Gasteiger partial charge < -0.3 is 0 Å². The Morgan fingerprint density at radius 1 is 1.27 bits per heavy atom. The summed E-state index contributed by atoms with van der Waals surface area (Å²) in [5, 5.41) is 12.8. The van der Waals surface area contributed by atoms with Crippen molar-refractivity contribution >= 4 is 15.8 Å². The Kier molecular flexibility index (Phi) is 7.61. The van der Waals surface area contributed by atoms with Crippen molar-refractivity contribution in [3.8, 4) is 6.07 Å². The minimum absolute atomic E-state index is 0.0209. The molecule has 0 aliphatic heterocycles. The van der Waals surface area contributed by atoms with Crippen molar-refractivity contribution < 1.29 is 12.7 Å². The molecule has 0 amide bonds. The number of nitrogens with zero attached hydrogens (tertiary/aromatic N) is 2. The van der Waals surface area contributed by atoms with Crippen molar-refractivity contribution in [3.63, 3.8) is 0 Å². The molecule has 0 N–H and O–H groups in total. The van der Waals surface area contributed by atoms with E-state index in [4.69, 9.17) is 9.55 Å². The second-order valence-corrected chi connectivity index (χ2v) is 6.53. The standard InChI is InChI=1S/C16H22N2O3S/c1-3-8-14(13-17)11-12-15(4-2)18-21-22(19,20)16-9-6-5-7-10-16/h5-7,9-10,14H,3-4,8,11-12H2,1-2H3. The lowest BCUT2D eigenvalue weighted by molar-refractivity contribution is 0.336. The fourth-order valence-electron chi connectivity index (χ4n) is 1.98. The number of oxime groups is 1. The summed E-state index contributed by atoms with van der Waals surface area (Å²) in [7, 11) is -3.87. The average molecular weight is 322 g/mol. The highest BCUT2D eigenvalue weighted by Gasteiger charge is 2.15. The summed E-state index contributed by atoms with van der Waals surface area (Å²) in [5.41, 5.74) is 0.649. The van der Waals surface area contributed by atoms with Gasteiger partial charge in [0, 0.05) is 5.92 Å². The maximum absolute atomic E-state index is 12.0. The predicted molar refractivity (Wildman–Crippen MR) is 85.7 cm³/mol. The Balaban J connectivity index is 2.68. The van der Waals surface area contributed by atoms with Gasteiger partial charge in [-0.2, -0.15) is 13.7 Å². The van der Waals surface area contributed by atoms with Gasteiger partial charge in [-0.05, 0) is 37.8 Å². The molecule has 0 fully saturated rings. The van der Waals surface area contributed by atoms with E-state index in [1.54, 1.807) is 18.2 Å². The van der Waals surface area contributed by atoms with Crippen LogP contribution in [0.25, 0.3) is 0 Å². The van der Waals surface area contributed by atoms with Gasteiger partial charge in [0.05, 0.1) is 11.8 Å². The summed E-state index contributed by atoms with van der Waals surface area (Å²) < 4.78 is 28.7. The number of nitriles is 1. The average Bonchev–Trinajstić information content (AvgIpc) is 2.54. The van der Waals surface area contributed by atoms with E-state index >= 15 is 0 Å². The van der Waals surface area contributed by atoms with E-state index in [1.165, 1.54) is 12.1 Å². The van der Waals surface area contributed by atoms with Crippen LogP contribution in [0.15, 0.2) is 40.4 Å². The minimum Gasteiger partial charge on any atom is -0.265 e. The van der Waals surface area contributed by atoms with E-state index in [0.29, 0.717) is 25.0 Å². The van der Waals surface area contributed by atoms with Gasteiger partial charge >= 0.3 is 10.1 Å². The molecule has 1 unspecified atom stereocenters. The van der Waals surface area contributed by atoms with Gasteiger partial charge in [-0.15, -0.1) is 0 Å².